The molecule has 2 N–H and O–H groups in total. The maximum absolute atomic E-state index is 13.9. The number of amides is 1. The third kappa shape index (κ3) is 6.23. The van der Waals surface area contributed by atoms with Crippen molar-refractivity contribution in [3.05, 3.63) is 60.7 Å². The Balaban J connectivity index is 2.58. The molecule has 0 saturated carbocycles. The molecular formula is C20H24NO8P. The molecule has 162 valence electrons. The van der Waals surface area contributed by atoms with Crippen LogP contribution in [0.15, 0.2) is 60.7 Å². The van der Waals surface area contributed by atoms with Gasteiger partial charge in [0.05, 0.1) is 6.61 Å². The van der Waals surface area contributed by atoms with Crippen LogP contribution < -0.4 is 9.05 Å². The summed E-state index contributed by atoms with van der Waals surface area (Å²) in [6.45, 7) is 3.62. The van der Waals surface area contributed by atoms with Crippen molar-refractivity contribution in [2.24, 2.45) is 0 Å². The minimum Gasteiger partial charge on any atom is -0.480 e. The molecule has 1 atom stereocenters. The molecule has 0 radical (unpaired) electrons. The number of carbonyl (C=O) groups is 2. The summed E-state index contributed by atoms with van der Waals surface area (Å²) in [6, 6.07) is 13.7. The average molecular weight is 437 g/mol. The van der Waals surface area contributed by atoms with Crippen LogP contribution in [-0.4, -0.2) is 45.2 Å². The summed E-state index contributed by atoms with van der Waals surface area (Å²) >= 11 is 0. The number of aliphatic hydroxyl groups excluding tert-OH is 1. The summed E-state index contributed by atoms with van der Waals surface area (Å²) in [6.07, 6.45) is -1.28. The number of carboxylic acids is 1. The van der Waals surface area contributed by atoms with Gasteiger partial charge in [0.1, 0.15) is 17.1 Å². The van der Waals surface area contributed by atoms with E-state index < -0.39 is 38.1 Å². The number of ether oxygens (including phenoxy) is 1. The van der Waals surface area contributed by atoms with Gasteiger partial charge in [-0.2, -0.15) is 4.67 Å². The number of hydrogen-bond acceptors (Lipinski definition) is 7. The molecule has 0 spiro atoms. The Labute approximate surface area is 174 Å². The van der Waals surface area contributed by atoms with Crippen LogP contribution >= 0.6 is 7.75 Å². The van der Waals surface area contributed by atoms with E-state index in [2.05, 4.69) is 0 Å². The number of para-hydroxylation sites is 2. The van der Waals surface area contributed by atoms with Gasteiger partial charge in [0.2, 0.25) is 0 Å². The molecular weight excluding hydrogens is 413 g/mol. The van der Waals surface area contributed by atoms with Gasteiger partial charge in [0.15, 0.2) is 6.04 Å². The van der Waals surface area contributed by atoms with Crippen LogP contribution in [-0.2, 0) is 14.1 Å². The molecule has 30 heavy (non-hydrogen) atoms. The highest BCUT2D eigenvalue weighted by Gasteiger charge is 2.50. The Morgan fingerprint density at radius 3 is 1.73 bits per heavy atom. The number of carbonyl (C=O) groups excluding carboxylic acids is 1. The molecule has 0 fully saturated rings. The topological polar surface area (TPSA) is 123 Å². The zero-order chi connectivity index (χ0) is 22.4. The maximum Gasteiger partial charge on any atom is 0.550 e. The van der Waals surface area contributed by atoms with Crippen LogP contribution in [0.1, 0.15) is 20.8 Å². The summed E-state index contributed by atoms with van der Waals surface area (Å²) in [4.78, 5) is 24.6. The Hall–Kier alpha value is -3.03. The van der Waals surface area contributed by atoms with E-state index >= 15 is 0 Å². The predicted molar refractivity (Wildman–Crippen MR) is 108 cm³/mol. The zero-order valence-electron chi connectivity index (χ0n) is 16.8. The lowest BCUT2D eigenvalue weighted by atomic mass is 10.2. The van der Waals surface area contributed by atoms with Crippen molar-refractivity contribution in [3.8, 4) is 11.5 Å². The van der Waals surface area contributed by atoms with Crippen molar-refractivity contribution in [1.29, 1.82) is 0 Å². The predicted octanol–water partition coefficient (Wildman–Crippen LogP) is 3.94. The van der Waals surface area contributed by atoms with Crippen LogP contribution in [0.3, 0.4) is 0 Å². The molecule has 0 aromatic heterocycles. The summed E-state index contributed by atoms with van der Waals surface area (Å²) in [5.74, 6) is -1.49. The molecule has 0 unspecified atom stereocenters. The monoisotopic (exact) mass is 437 g/mol. The van der Waals surface area contributed by atoms with Gasteiger partial charge >= 0.3 is 19.8 Å². The lowest BCUT2D eigenvalue weighted by Crippen LogP contribution is -2.48. The average Bonchev–Trinajstić information content (AvgIpc) is 2.65. The molecule has 0 aliphatic carbocycles. The fraction of sp³-hybridized carbons (Fsp3) is 0.300. The van der Waals surface area contributed by atoms with Crippen LogP contribution in [0.5, 0.6) is 11.5 Å². The smallest absolute Gasteiger partial charge is 0.480 e. The first-order chi connectivity index (χ1) is 14.1. The molecule has 0 aliphatic rings. The molecule has 9 nitrogen and oxygen atoms in total. The van der Waals surface area contributed by atoms with Gasteiger partial charge in [-0.1, -0.05) is 36.4 Å². The maximum atomic E-state index is 13.9. The summed E-state index contributed by atoms with van der Waals surface area (Å²) in [7, 11) is -4.72. The fourth-order valence-corrected chi connectivity index (χ4v) is 4.05. The SMILES string of the molecule is CC(C)(C)OC(=O)N([C@H](CO)C(=O)O)P(=O)(Oc1ccccc1)Oc1ccccc1. The molecule has 10 heteroatoms. The quantitative estimate of drug-likeness (QED) is 0.596. The van der Waals surface area contributed by atoms with Crippen molar-refractivity contribution in [3.63, 3.8) is 0 Å². The molecule has 0 aliphatic heterocycles. The highest BCUT2D eigenvalue weighted by atomic mass is 31.2. The number of rotatable bonds is 8. The van der Waals surface area contributed by atoms with E-state index in [1.54, 1.807) is 57.2 Å². The van der Waals surface area contributed by atoms with Crippen molar-refractivity contribution in [1.82, 2.24) is 4.67 Å². The molecule has 2 rings (SSSR count). The number of hydrogen-bond donors (Lipinski definition) is 2. The molecule has 2 aromatic rings. The van der Waals surface area contributed by atoms with E-state index in [-0.39, 0.29) is 11.5 Å². The Morgan fingerprint density at radius 1 is 0.967 bits per heavy atom. The molecule has 0 saturated heterocycles. The first-order valence-corrected chi connectivity index (χ1v) is 10.5. The Bertz CT molecular complexity index is 853. The zero-order valence-corrected chi connectivity index (χ0v) is 17.7. The number of aliphatic carboxylic acids is 1. The summed E-state index contributed by atoms with van der Waals surface area (Å²) in [5.41, 5.74) is -1.04. The number of benzene rings is 2. The van der Waals surface area contributed by atoms with Gasteiger partial charge in [-0.25, -0.2) is 14.2 Å². The summed E-state index contributed by atoms with van der Waals surface area (Å²) < 4.78 is 30.5. The van der Waals surface area contributed by atoms with Crippen LogP contribution in [0.25, 0.3) is 0 Å². The van der Waals surface area contributed by atoms with Crippen LogP contribution in [0, 0.1) is 0 Å². The first kappa shape index (κ1) is 23.3. The van der Waals surface area contributed by atoms with Gasteiger partial charge in [-0.3, -0.25) is 0 Å². The van der Waals surface area contributed by atoms with Gasteiger partial charge in [-0.15, -0.1) is 0 Å². The molecule has 2 aromatic carbocycles. The third-order valence-electron chi connectivity index (χ3n) is 3.53. The van der Waals surface area contributed by atoms with E-state index in [4.69, 9.17) is 13.8 Å². The van der Waals surface area contributed by atoms with Crippen molar-refractivity contribution < 1.29 is 38.2 Å². The minimum atomic E-state index is -4.72. The van der Waals surface area contributed by atoms with Gasteiger partial charge in [-0.05, 0) is 45.0 Å². The largest absolute Gasteiger partial charge is 0.550 e. The lowest BCUT2D eigenvalue weighted by Gasteiger charge is -2.34. The highest BCUT2D eigenvalue weighted by Crippen LogP contribution is 2.53. The van der Waals surface area contributed by atoms with Gasteiger partial charge in [0.25, 0.3) is 0 Å². The normalized spacial score (nSPS) is 12.5. The van der Waals surface area contributed by atoms with Crippen molar-refractivity contribution in [2.45, 2.75) is 32.4 Å². The number of nitrogens with zero attached hydrogens (tertiary/aromatic N) is 1. The third-order valence-corrected chi connectivity index (χ3v) is 5.38. The molecule has 1 amide bonds. The van der Waals surface area contributed by atoms with E-state index in [9.17, 15) is 24.4 Å². The van der Waals surface area contributed by atoms with Crippen LogP contribution in [0.2, 0.25) is 0 Å². The highest BCUT2D eigenvalue weighted by molar-refractivity contribution is 7.53. The molecule has 0 bridgehead atoms. The second-order valence-corrected chi connectivity index (χ2v) is 8.87. The summed E-state index contributed by atoms with van der Waals surface area (Å²) in [5, 5.41) is 19.2. The Morgan fingerprint density at radius 2 is 1.40 bits per heavy atom. The number of carboxylic acid groups (broad SMARTS) is 1. The van der Waals surface area contributed by atoms with Crippen LogP contribution in [0.4, 0.5) is 4.79 Å². The second kappa shape index (κ2) is 9.65. The standard InChI is InChI=1S/C20H24NO8P/c1-20(2,3)27-19(25)21(17(14-22)18(23)24)30(26,28-15-10-6-4-7-11-15)29-16-12-8-5-9-13-16/h4-13,17,22H,14H2,1-3H3,(H,23,24)/t17-/m1/s1. The fourth-order valence-electron chi connectivity index (χ4n) is 2.30. The van der Waals surface area contributed by atoms with E-state index in [1.807, 2.05) is 0 Å². The van der Waals surface area contributed by atoms with Crippen molar-refractivity contribution in [2.75, 3.05) is 6.61 Å². The first-order valence-electron chi connectivity index (χ1n) is 9.01. The van der Waals surface area contributed by atoms with E-state index in [0.717, 1.165) is 0 Å². The van der Waals surface area contributed by atoms with E-state index in [1.165, 1.54) is 24.3 Å². The minimum absolute atomic E-state index is 0.0624. The van der Waals surface area contributed by atoms with E-state index in [0.29, 0.717) is 4.67 Å². The van der Waals surface area contributed by atoms with Gasteiger partial charge < -0.3 is 24.0 Å². The second-order valence-electron chi connectivity index (χ2n) is 7.14. The lowest BCUT2D eigenvalue weighted by molar-refractivity contribution is -0.143. The molecule has 0 heterocycles. The van der Waals surface area contributed by atoms with Crippen molar-refractivity contribution >= 4 is 19.8 Å². The van der Waals surface area contributed by atoms with Gasteiger partial charge in [0, 0.05) is 0 Å². The Kier molecular flexibility index (Phi) is 7.48. The number of aliphatic hydroxyl groups is 1.